The number of methoxy groups -OCH3 is 1. The Morgan fingerprint density at radius 1 is 1.22 bits per heavy atom. The van der Waals surface area contributed by atoms with Crippen LogP contribution in [-0.4, -0.2) is 38.9 Å². The van der Waals surface area contributed by atoms with Gasteiger partial charge in [-0.2, -0.15) is 0 Å². The van der Waals surface area contributed by atoms with Crippen molar-refractivity contribution in [1.82, 2.24) is 0 Å². The highest BCUT2D eigenvalue weighted by Gasteiger charge is 2.17. The number of benzene rings is 1. The van der Waals surface area contributed by atoms with E-state index in [1.165, 1.54) is 13.2 Å². The van der Waals surface area contributed by atoms with Crippen molar-refractivity contribution in [2.45, 2.75) is 33.1 Å². The third-order valence-corrected chi connectivity index (χ3v) is 4.96. The van der Waals surface area contributed by atoms with Crippen molar-refractivity contribution in [3.63, 3.8) is 0 Å². The summed E-state index contributed by atoms with van der Waals surface area (Å²) in [6.45, 7) is 3.74. The Labute approximate surface area is 137 Å². The van der Waals surface area contributed by atoms with Crippen LogP contribution in [0.1, 0.15) is 42.1 Å². The Morgan fingerprint density at radius 3 is 2.52 bits per heavy atom. The van der Waals surface area contributed by atoms with Crippen LogP contribution in [0.4, 0.5) is 5.69 Å². The molecule has 1 aromatic rings. The molecule has 0 aliphatic heterocycles. The van der Waals surface area contributed by atoms with Gasteiger partial charge >= 0.3 is 5.97 Å². The molecule has 1 rings (SSSR count). The third-order valence-electron chi connectivity index (χ3n) is 3.34. The number of unbranched alkanes of at least 4 members (excludes halogenated alkanes) is 2. The molecule has 0 saturated carbocycles. The number of anilines is 1. The van der Waals surface area contributed by atoms with E-state index in [1.807, 2.05) is 6.92 Å². The van der Waals surface area contributed by atoms with E-state index < -0.39 is 27.5 Å². The van der Waals surface area contributed by atoms with Gasteiger partial charge in [-0.05, 0) is 31.0 Å². The first-order valence-corrected chi connectivity index (χ1v) is 9.30. The fraction of sp³-hybridized carbons (Fsp3) is 0.500. The summed E-state index contributed by atoms with van der Waals surface area (Å²) in [6, 6.07) is 4.72. The topological polar surface area (TPSA) is 89.5 Å². The molecule has 0 aromatic heterocycles. The second-order valence-corrected chi connectivity index (χ2v) is 7.55. The molecule has 1 N–H and O–H groups in total. The Kier molecular flexibility index (Phi) is 7.22. The van der Waals surface area contributed by atoms with E-state index in [1.54, 1.807) is 19.1 Å². The lowest BCUT2D eigenvalue weighted by molar-refractivity contribution is -0.113. The summed E-state index contributed by atoms with van der Waals surface area (Å²) < 4.78 is 28.4. The molecule has 1 amide bonds. The first kappa shape index (κ1) is 19.2. The average molecular weight is 341 g/mol. The van der Waals surface area contributed by atoms with Gasteiger partial charge in [-0.15, -0.1) is 0 Å². The number of rotatable bonds is 8. The third kappa shape index (κ3) is 6.40. The molecule has 0 spiro atoms. The molecule has 0 aliphatic rings. The molecule has 0 bridgehead atoms. The van der Waals surface area contributed by atoms with Crippen molar-refractivity contribution in [3.05, 3.63) is 29.3 Å². The van der Waals surface area contributed by atoms with Crippen LogP contribution in [0.3, 0.4) is 0 Å². The Hall–Kier alpha value is -1.89. The number of carbonyl (C=O) groups is 2. The normalized spacial score (nSPS) is 11.1. The van der Waals surface area contributed by atoms with Gasteiger partial charge in [0, 0.05) is 5.69 Å². The monoisotopic (exact) mass is 341 g/mol. The average Bonchev–Trinajstić information content (AvgIpc) is 2.48. The second-order valence-electron chi connectivity index (χ2n) is 5.37. The zero-order valence-electron chi connectivity index (χ0n) is 13.7. The summed E-state index contributed by atoms with van der Waals surface area (Å²) in [5.41, 5.74) is 1.43. The van der Waals surface area contributed by atoms with Crippen LogP contribution in [0.5, 0.6) is 0 Å². The van der Waals surface area contributed by atoms with E-state index in [0.717, 1.165) is 18.4 Å². The minimum atomic E-state index is -3.42. The van der Waals surface area contributed by atoms with Gasteiger partial charge in [0.2, 0.25) is 5.91 Å². The molecule has 23 heavy (non-hydrogen) atoms. The number of carbonyl (C=O) groups excluding carboxylic acids is 2. The number of hydrogen-bond donors (Lipinski definition) is 1. The van der Waals surface area contributed by atoms with Crippen molar-refractivity contribution < 1.29 is 22.7 Å². The van der Waals surface area contributed by atoms with E-state index in [-0.39, 0.29) is 5.75 Å². The number of amides is 1. The zero-order chi connectivity index (χ0) is 17.5. The summed E-state index contributed by atoms with van der Waals surface area (Å²) in [4.78, 5) is 23.5. The van der Waals surface area contributed by atoms with Gasteiger partial charge < -0.3 is 10.1 Å². The standard InChI is InChI=1S/C16H23NO5S/c1-4-5-6-9-23(20,21)11-15(18)17-14-10-13(16(19)22-3)8-7-12(14)2/h7-8,10H,4-6,9,11H2,1-3H3,(H,17,18). The highest BCUT2D eigenvalue weighted by atomic mass is 32.2. The lowest BCUT2D eigenvalue weighted by Gasteiger charge is -2.10. The fourth-order valence-electron chi connectivity index (χ4n) is 2.03. The minimum absolute atomic E-state index is 0.00937. The quantitative estimate of drug-likeness (QED) is 0.579. The summed E-state index contributed by atoms with van der Waals surface area (Å²) >= 11 is 0. The number of esters is 1. The van der Waals surface area contributed by atoms with E-state index in [9.17, 15) is 18.0 Å². The van der Waals surface area contributed by atoms with Gasteiger partial charge in [-0.1, -0.05) is 25.8 Å². The Balaban J connectivity index is 2.75. The van der Waals surface area contributed by atoms with Gasteiger partial charge in [0.05, 0.1) is 18.4 Å². The summed E-state index contributed by atoms with van der Waals surface area (Å²) in [6.07, 6.45) is 2.30. The second kappa shape index (κ2) is 8.67. The summed E-state index contributed by atoms with van der Waals surface area (Å²) in [7, 11) is -2.15. The number of hydrogen-bond acceptors (Lipinski definition) is 5. The molecular weight excluding hydrogens is 318 g/mol. The van der Waals surface area contributed by atoms with E-state index >= 15 is 0 Å². The maximum Gasteiger partial charge on any atom is 0.337 e. The van der Waals surface area contributed by atoms with Crippen molar-refractivity contribution >= 4 is 27.4 Å². The van der Waals surface area contributed by atoms with Gasteiger partial charge in [-0.3, -0.25) is 4.79 Å². The Bertz CT molecular complexity index is 667. The maximum absolute atomic E-state index is 12.0. The molecule has 0 unspecified atom stereocenters. The van der Waals surface area contributed by atoms with E-state index in [0.29, 0.717) is 17.7 Å². The molecule has 0 saturated heterocycles. The van der Waals surface area contributed by atoms with Gasteiger partial charge in [-0.25, -0.2) is 13.2 Å². The molecule has 6 nitrogen and oxygen atoms in total. The summed E-state index contributed by atoms with van der Waals surface area (Å²) in [5.74, 6) is -1.67. The molecule has 0 aliphatic carbocycles. The van der Waals surface area contributed by atoms with Crippen molar-refractivity contribution in [2.75, 3.05) is 23.9 Å². The molecule has 0 atom stereocenters. The summed E-state index contributed by atoms with van der Waals surface area (Å²) in [5, 5.41) is 2.55. The molecule has 128 valence electrons. The predicted molar refractivity (Wildman–Crippen MR) is 89.3 cm³/mol. The molecule has 0 radical (unpaired) electrons. The number of aryl methyl sites for hydroxylation is 1. The predicted octanol–water partition coefficient (Wildman–Crippen LogP) is 2.33. The SMILES string of the molecule is CCCCCS(=O)(=O)CC(=O)Nc1cc(C(=O)OC)ccc1C. The van der Waals surface area contributed by atoms with Crippen LogP contribution < -0.4 is 5.32 Å². The molecule has 1 aromatic carbocycles. The lowest BCUT2D eigenvalue weighted by Crippen LogP contribution is -2.25. The van der Waals surface area contributed by atoms with Crippen LogP contribution in [-0.2, 0) is 19.4 Å². The highest BCUT2D eigenvalue weighted by Crippen LogP contribution is 2.17. The first-order chi connectivity index (χ1) is 10.8. The molecular formula is C16H23NO5S. The largest absolute Gasteiger partial charge is 0.465 e. The smallest absolute Gasteiger partial charge is 0.337 e. The van der Waals surface area contributed by atoms with Gasteiger partial charge in [0.25, 0.3) is 0 Å². The van der Waals surface area contributed by atoms with Crippen molar-refractivity contribution in [1.29, 1.82) is 0 Å². The van der Waals surface area contributed by atoms with Crippen molar-refractivity contribution in [2.24, 2.45) is 0 Å². The van der Waals surface area contributed by atoms with Gasteiger partial charge in [0.1, 0.15) is 5.75 Å². The van der Waals surface area contributed by atoms with Gasteiger partial charge in [0.15, 0.2) is 9.84 Å². The number of nitrogens with one attached hydrogen (secondary N) is 1. The van der Waals surface area contributed by atoms with Crippen LogP contribution in [0, 0.1) is 6.92 Å². The zero-order valence-corrected chi connectivity index (χ0v) is 14.5. The van der Waals surface area contributed by atoms with Crippen molar-refractivity contribution in [3.8, 4) is 0 Å². The minimum Gasteiger partial charge on any atom is -0.465 e. The number of ether oxygens (including phenoxy) is 1. The molecule has 7 heteroatoms. The lowest BCUT2D eigenvalue weighted by atomic mass is 10.1. The van der Waals surface area contributed by atoms with Crippen LogP contribution >= 0.6 is 0 Å². The molecule has 0 fully saturated rings. The highest BCUT2D eigenvalue weighted by molar-refractivity contribution is 7.92. The van der Waals surface area contributed by atoms with E-state index in [2.05, 4.69) is 10.1 Å². The Morgan fingerprint density at radius 2 is 1.91 bits per heavy atom. The van der Waals surface area contributed by atoms with E-state index in [4.69, 9.17) is 0 Å². The van der Waals surface area contributed by atoms with Crippen LogP contribution in [0.25, 0.3) is 0 Å². The molecule has 0 heterocycles. The fourth-order valence-corrected chi connectivity index (χ4v) is 3.29. The maximum atomic E-state index is 12.0. The van der Waals surface area contributed by atoms with Crippen LogP contribution in [0.2, 0.25) is 0 Å². The number of sulfone groups is 1. The van der Waals surface area contributed by atoms with Crippen LogP contribution in [0.15, 0.2) is 18.2 Å². The first-order valence-electron chi connectivity index (χ1n) is 7.48.